The number of hydrogen-bond acceptors (Lipinski definition) is 3. The summed E-state index contributed by atoms with van der Waals surface area (Å²) in [5, 5.41) is 0.779. The van der Waals surface area contributed by atoms with Gasteiger partial charge in [-0.2, -0.15) is 11.8 Å². The number of rotatable bonds is 6. The molecule has 0 radical (unpaired) electrons. The van der Waals surface area contributed by atoms with Crippen LogP contribution in [0.5, 0.6) is 0 Å². The number of nitrogens with two attached hydrogens (primary N) is 1. The molecule has 1 heterocycles. The Morgan fingerprint density at radius 2 is 2.38 bits per heavy atom. The van der Waals surface area contributed by atoms with Crippen LogP contribution in [0.2, 0.25) is 0 Å². The van der Waals surface area contributed by atoms with E-state index in [1.807, 2.05) is 0 Å². The SMILES string of the molecule is CCCCCC(NN)C1CCCS1. The molecular formula is C10H22N2S. The smallest absolute Gasteiger partial charge is 0.0329 e. The number of hydrazine groups is 1. The second kappa shape index (κ2) is 6.68. The first-order valence-electron chi connectivity index (χ1n) is 5.46. The van der Waals surface area contributed by atoms with E-state index in [-0.39, 0.29) is 0 Å². The molecule has 1 rings (SSSR count). The van der Waals surface area contributed by atoms with Crippen LogP contribution in [-0.2, 0) is 0 Å². The average molecular weight is 202 g/mol. The van der Waals surface area contributed by atoms with Crippen LogP contribution >= 0.6 is 11.8 Å². The van der Waals surface area contributed by atoms with Crippen molar-refractivity contribution in [2.45, 2.75) is 56.7 Å². The minimum Gasteiger partial charge on any atom is -0.271 e. The number of thioether (sulfide) groups is 1. The highest BCUT2D eigenvalue weighted by molar-refractivity contribution is 8.00. The lowest BCUT2D eigenvalue weighted by Crippen LogP contribution is -2.41. The summed E-state index contributed by atoms with van der Waals surface area (Å²) in [5.41, 5.74) is 2.98. The van der Waals surface area contributed by atoms with Crippen molar-refractivity contribution in [3.8, 4) is 0 Å². The summed E-state index contributed by atoms with van der Waals surface area (Å²) in [5.74, 6) is 6.90. The van der Waals surface area contributed by atoms with Crippen LogP contribution in [0.4, 0.5) is 0 Å². The van der Waals surface area contributed by atoms with Gasteiger partial charge in [-0.25, -0.2) is 0 Å². The highest BCUT2D eigenvalue weighted by atomic mass is 32.2. The van der Waals surface area contributed by atoms with Gasteiger partial charge in [0, 0.05) is 11.3 Å². The van der Waals surface area contributed by atoms with Gasteiger partial charge in [-0.3, -0.25) is 11.3 Å². The Kier molecular flexibility index (Phi) is 5.83. The van der Waals surface area contributed by atoms with Gasteiger partial charge in [0.15, 0.2) is 0 Å². The van der Waals surface area contributed by atoms with E-state index in [9.17, 15) is 0 Å². The molecule has 0 amide bonds. The Labute approximate surface area is 86.0 Å². The second-order valence-corrected chi connectivity index (χ2v) is 5.17. The Bertz CT molecular complexity index is 124. The van der Waals surface area contributed by atoms with Crippen LogP contribution in [0.25, 0.3) is 0 Å². The summed E-state index contributed by atoms with van der Waals surface area (Å²) in [7, 11) is 0. The second-order valence-electron chi connectivity index (χ2n) is 3.82. The topological polar surface area (TPSA) is 38.0 Å². The molecule has 0 aromatic carbocycles. The summed E-state index contributed by atoms with van der Waals surface area (Å²) in [6.45, 7) is 2.25. The fourth-order valence-electron chi connectivity index (χ4n) is 1.91. The molecule has 1 fully saturated rings. The van der Waals surface area contributed by atoms with Crippen molar-refractivity contribution in [2.75, 3.05) is 5.75 Å². The van der Waals surface area contributed by atoms with Crippen molar-refractivity contribution in [3.63, 3.8) is 0 Å². The molecule has 0 spiro atoms. The summed E-state index contributed by atoms with van der Waals surface area (Å²) >= 11 is 2.09. The van der Waals surface area contributed by atoms with Crippen molar-refractivity contribution >= 4 is 11.8 Å². The lowest BCUT2D eigenvalue weighted by molar-refractivity contribution is 0.448. The van der Waals surface area contributed by atoms with Gasteiger partial charge in [0.1, 0.15) is 0 Å². The third-order valence-electron chi connectivity index (χ3n) is 2.75. The van der Waals surface area contributed by atoms with Crippen LogP contribution in [0.3, 0.4) is 0 Å². The van der Waals surface area contributed by atoms with Gasteiger partial charge in [0.2, 0.25) is 0 Å². The normalized spacial score (nSPS) is 24.9. The van der Waals surface area contributed by atoms with E-state index in [0.29, 0.717) is 6.04 Å². The standard InChI is InChI=1S/C10H22N2S/c1-2-3-4-6-9(12-11)10-7-5-8-13-10/h9-10,12H,2-8,11H2,1H3. The lowest BCUT2D eigenvalue weighted by atomic mass is 10.0. The minimum atomic E-state index is 0.555. The van der Waals surface area contributed by atoms with Crippen molar-refractivity contribution in [1.29, 1.82) is 0 Å². The third-order valence-corrected chi connectivity index (χ3v) is 4.26. The summed E-state index contributed by atoms with van der Waals surface area (Å²) in [4.78, 5) is 0. The Balaban J connectivity index is 2.16. The highest BCUT2D eigenvalue weighted by Crippen LogP contribution is 2.30. The monoisotopic (exact) mass is 202 g/mol. The Morgan fingerprint density at radius 1 is 1.54 bits per heavy atom. The lowest BCUT2D eigenvalue weighted by Gasteiger charge is -2.21. The van der Waals surface area contributed by atoms with E-state index in [0.717, 1.165) is 5.25 Å². The van der Waals surface area contributed by atoms with E-state index >= 15 is 0 Å². The van der Waals surface area contributed by atoms with Gasteiger partial charge >= 0.3 is 0 Å². The quantitative estimate of drug-likeness (QED) is 0.394. The first kappa shape index (κ1) is 11.3. The molecule has 2 unspecified atom stereocenters. The first-order chi connectivity index (χ1) is 6.38. The van der Waals surface area contributed by atoms with Gasteiger partial charge in [-0.05, 0) is 25.0 Å². The van der Waals surface area contributed by atoms with Crippen molar-refractivity contribution < 1.29 is 0 Å². The predicted octanol–water partition coefficient (Wildman–Crippen LogP) is 2.29. The zero-order valence-electron chi connectivity index (χ0n) is 8.59. The van der Waals surface area contributed by atoms with Crippen molar-refractivity contribution in [2.24, 2.45) is 5.84 Å². The molecule has 0 bridgehead atoms. The van der Waals surface area contributed by atoms with E-state index in [4.69, 9.17) is 5.84 Å². The zero-order chi connectivity index (χ0) is 9.52. The van der Waals surface area contributed by atoms with Crippen LogP contribution in [0.1, 0.15) is 45.4 Å². The maximum absolute atomic E-state index is 5.57. The van der Waals surface area contributed by atoms with Gasteiger partial charge in [-0.15, -0.1) is 0 Å². The van der Waals surface area contributed by atoms with E-state index < -0.39 is 0 Å². The van der Waals surface area contributed by atoms with Gasteiger partial charge in [-0.1, -0.05) is 26.2 Å². The summed E-state index contributed by atoms with van der Waals surface area (Å²) in [6, 6.07) is 0.555. The molecule has 2 nitrogen and oxygen atoms in total. The van der Waals surface area contributed by atoms with Crippen LogP contribution in [-0.4, -0.2) is 17.0 Å². The molecular weight excluding hydrogens is 180 g/mol. The summed E-state index contributed by atoms with van der Waals surface area (Å²) in [6.07, 6.45) is 7.95. The number of unbranched alkanes of at least 4 members (excludes halogenated alkanes) is 2. The van der Waals surface area contributed by atoms with E-state index in [1.165, 1.54) is 44.3 Å². The van der Waals surface area contributed by atoms with Crippen LogP contribution in [0.15, 0.2) is 0 Å². The molecule has 0 aromatic rings. The van der Waals surface area contributed by atoms with Crippen LogP contribution in [0, 0.1) is 0 Å². The molecule has 13 heavy (non-hydrogen) atoms. The highest BCUT2D eigenvalue weighted by Gasteiger charge is 2.23. The fraction of sp³-hybridized carbons (Fsp3) is 1.00. The molecule has 0 aromatic heterocycles. The number of hydrogen-bond donors (Lipinski definition) is 2. The van der Waals surface area contributed by atoms with E-state index in [1.54, 1.807) is 0 Å². The molecule has 1 aliphatic heterocycles. The molecule has 0 saturated carbocycles. The average Bonchev–Trinajstić information content (AvgIpc) is 2.65. The van der Waals surface area contributed by atoms with Crippen molar-refractivity contribution in [1.82, 2.24) is 5.43 Å². The Hall–Kier alpha value is 0.270. The Morgan fingerprint density at radius 3 is 2.92 bits per heavy atom. The van der Waals surface area contributed by atoms with Crippen LogP contribution < -0.4 is 11.3 Å². The molecule has 0 aliphatic carbocycles. The molecule has 1 saturated heterocycles. The van der Waals surface area contributed by atoms with E-state index in [2.05, 4.69) is 24.1 Å². The molecule has 1 aliphatic rings. The van der Waals surface area contributed by atoms with Gasteiger partial charge in [0.05, 0.1) is 0 Å². The maximum Gasteiger partial charge on any atom is 0.0329 e. The largest absolute Gasteiger partial charge is 0.271 e. The molecule has 2 atom stereocenters. The molecule has 3 heteroatoms. The van der Waals surface area contributed by atoms with Gasteiger partial charge < -0.3 is 0 Å². The fourth-order valence-corrected chi connectivity index (χ4v) is 3.33. The minimum absolute atomic E-state index is 0.555. The zero-order valence-corrected chi connectivity index (χ0v) is 9.41. The summed E-state index contributed by atoms with van der Waals surface area (Å²) < 4.78 is 0. The van der Waals surface area contributed by atoms with Crippen molar-refractivity contribution in [3.05, 3.63) is 0 Å². The molecule has 3 N–H and O–H groups in total. The third kappa shape index (κ3) is 3.88. The first-order valence-corrected chi connectivity index (χ1v) is 6.51. The molecule has 78 valence electrons. The van der Waals surface area contributed by atoms with Gasteiger partial charge in [0.25, 0.3) is 0 Å². The predicted molar refractivity (Wildman–Crippen MR) is 60.7 cm³/mol. The number of nitrogens with one attached hydrogen (secondary N) is 1. The maximum atomic E-state index is 5.57.